The Balaban J connectivity index is 1.93. The highest BCUT2D eigenvalue weighted by Gasteiger charge is 2.49. The largest absolute Gasteiger partial charge is 0.393 e. The zero-order valence-corrected chi connectivity index (χ0v) is 14.1. The maximum absolute atomic E-state index is 15.2. The summed E-state index contributed by atoms with van der Waals surface area (Å²) >= 11 is 12.0. The molecule has 126 valence electrons. The van der Waals surface area contributed by atoms with Gasteiger partial charge < -0.3 is 10.0 Å². The highest BCUT2D eigenvalue weighted by Crippen LogP contribution is 2.40. The molecule has 0 radical (unpaired) electrons. The first-order valence-corrected chi connectivity index (χ1v) is 8.15. The molecule has 1 aliphatic rings. The number of alkyl halides is 1. The third-order valence-electron chi connectivity index (χ3n) is 4.30. The fraction of sp³-hybridized carbons (Fsp3) is 0.294. The summed E-state index contributed by atoms with van der Waals surface area (Å²) in [6.45, 7) is -0.764. The molecule has 24 heavy (non-hydrogen) atoms. The van der Waals surface area contributed by atoms with E-state index in [1.165, 1.54) is 17.3 Å². The maximum atomic E-state index is 15.2. The van der Waals surface area contributed by atoms with E-state index in [0.29, 0.717) is 0 Å². The fourth-order valence-electron chi connectivity index (χ4n) is 3.05. The van der Waals surface area contributed by atoms with Gasteiger partial charge in [-0.05, 0) is 5.56 Å². The molecule has 2 atom stereocenters. The van der Waals surface area contributed by atoms with E-state index in [2.05, 4.69) is 4.98 Å². The number of likely N-dealkylation sites (tertiary alicyclic amines) is 1. The molecule has 1 aliphatic heterocycles. The van der Waals surface area contributed by atoms with Crippen molar-refractivity contribution in [1.82, 2.24) is 9.88 Å². The first-order valence-electron chi connectivity index (χ1n) is 7.39. The molecule has 0 unspecified atom stereocenters. The van der Waals surface area contributed by atoms with Crippen LogP contribution in [0, 0.1) is 0 Å². The van der Waals surface area contributed by atoms with E-state index < -0.39 is 24.1 Å². The molecule has 0 saturated carbocycles. The first kappa shape index (κ1) is 17.1. The lowest BCUT2D eigenvalue weighted by Crippen LogP contribution is -2.37. The molecule has 4 nitrogen and oxygen atoms in total. The molecule has 0 bridgehead atoms. The van der Waals surface area contributed by atoms with E-state index in [-0.39, 0.29) is 28.7 Å². The molecule has 1 fully saturated rings. The van der Waals surface area contributed by atoms with Crippen molar-refractivity contribution in [3.05, 3.63) is 63.9 Å². The van der Waals surface area contributed by atoms with Gasteiger partial charge in [0.25, 0.3) is 5.91 Å². The normalized spacial score (nSPS) is 23.5. The zero-order chi connectivity index (χ0) is 17.3. The number of aromatic nitrogens is 1. The second-order valence-electron chi connectivity index (χ2n) is 5.82. The van der Waals surface area contributed by atoms with Gasteiger partial charge in [-0.25, -0.2) is 4.39 Å². The van der Waals surface area contributed by atoms with Crippen LogP contribution >= 0.6 is 23.2 Å². The van der Waals surface area contributed by atoms with Gasteiger partial charge in [-0.2, -0.15) is 0 Å². The minimum Gasteiger partial charge on any atom is -0.393 e. The number of rotatable bonds is 3. The summed E-state index contributed by atoms with van der Waals surface area (Å²) < 4.78 is 15.2. The molecular weight excluding hydrogens is 354 g/mol. The summed E-state index contributed by atoms with van der Waals surface area (Å²) in [6.07, 6.45) is 2.64. The molecule has 0 aliphatic carbocycles. The average molecular weight is 369 g/mol. The number of carbonyl (C=O) groups is 1. The summed E-state index contributed by atoms with van der Waals surface area (Å²) in [6, 6.07) is 9.00. The van der Waals surface area contributed by atoms with Gasteiger partial charge in [0.15, 0.2) is 5.67 Å². The molecule has 1 saturated heterocycles. The highest BCUT2D eigenvalue weighted by molar-refractivity contribution is 6.39. The molecule has 1 N–H and O–H groups in total. The SMILES string of the molecule is O=C(c1c(Cl)cncc1Cl)N1C[C@@H](c2ccccc2)[C@](F)(CO)C1. The number of hydrogen-bond donors (Lipinski definition) is 1. The fourth-order valence-corrected chi connectivity index (χ4v) is 3.58. The summed E-state index contributed by atoms with van der Waals surface area (Å²) in [5.74, 6) is -1.09. The summed E-state index contributed by atoms with van der Waals surface area (Å²) in [5.41, 5.74) is -1.08. The Morgan fingerprint density at radius 2 is 1.92 bits per heavy atom. The predicted octanol–water partition coefficient (Wildman–Crippen LogP) is 3.33. The summed E-state index contributed by atoms with van der Waals surface area (Å²) in [5, 5.41) is 9.79. The van der Waals surface area contributed by atoms with Crippen molar-refractivity contribution >= 4 is 29.1 Å². The summed E-state index contributed by atoms with van der Waals surface area (Å²) in [4.78, 5) is 17.9. The molecule has 1 aromatic carbocycles. The van der Waals surface area contributed by atoms with Crippen LogP contribution in [0.4, 0.5) is 4.39 Å². The lowest BCUT2D eigenvalue weighted by Gasteiger charge is -2.23. The lowest BCUT2D eigenvalue weighted by molar-refractivity contribution is 0.0576. The van der Waals surface area contributed by atoms with E-state index in [0.717, 1.165) is 5.56 Å². The van der Waals surface area contributed by atoms with Crippen LogP contribution in [0.15, 0.2) is 42.7 Å². The standard InChI is InChI=1S/C17H15Cl2FN2O2/c18-13-6-21-7-14(19)15(13)16(24)22-8-12(17(20,9-22)10-23)11-4-2-1-3-5-11/h1-7,12,23H,8-10H2/t12-,17+/m0/s1. The van der Waals surface area contributed by atoms with Gasteiger partial charge in [-0.15, -0.1) is 0 Å². The number of amides is 1. The monoisotopic (exact) mass is 368 g/mol. The van der Waals surface area contributed by atoms with Crippen LogP contribution in [0.3, 0.4) is 0 Å². The minimum atomic E-state index is -1.91. The van der Waals surface area contributed by atoms with Crippen molar-refractivity contribution in [3.8, 4) is 0 Å². The second-order valence-corrected chi connectivity index (χ2v) is 6.63. The Morgan fingerprint density at radius 3 is 2.50 bits per heavy atom. The van der Waals surface area contributed by atoms with E-state index in [1.807, 2.05) is 6.07 Å². The number of benzene rings is 1. The molecule has 2 heterocycles. The molecule has 1 aromatic heterocycles. The van der Waals surface area contributed by atoms with E-state index >= 15 is 4.39 Å². The van der Waals surface area contributed by atoms with Crippen LogP contribution in [0.25, 0.3) is 0 Å². The van der Waals surface area contributed by atoms with Crippen LogP contribution in [0.1, 0.15) is 21.8 Å². The number of aliphatic hydroxyl groups is 1. The van der Waals surface area contributed by atoms with Crippen molar-refractivity contribution in [1.29, 1.82) is 0 Å². The van der Waals surface area contributed by atoms with E-state index in [9.17, 15) is 9.90 Å². The molecule has 0 spiro atoms. The van der Waals surface area contributed by atoms with Gasteiger partial charge in [0.05, 0.1) is 28.8 Å². The predicted molar refractivity (Wildman–Crippen MR) is 90.3 cm³/mol. The maximum Gasteiger partial charge on any atom is 0.257 e. The lowest BCUT2D eigenvalue weighted by atomic mass is 9.87. The smallest absolute Gasteiger partial charge is 0.257 e. The Labute approximate surface area is 148 Å². The van der Waals surface area contributed by atoms with Crippen LogP contribution in [-0.4, -0.2) is 46.3 Å². The van der Waals surface area contributed by atoms with Gasteiger partial charge in [0.1, 0.15) is 0 Å². The molecular formula is C17H15Cl2FN2O2. The first-order chi connectivity index (χ1) is 11.5. The Kier molecular flexibility index (Phi) is 4.76. The van der Waals surface area contributed by atoms with Gasteiger partial charge in [-0.1, -0.05) is 53.5 Å². The number of carbonyl (C=O) groups excluding carboxylic acids is 1. The number of pyridine rings is 1. The molecule has 1 amide bonds. The molecule has 3 rings (SSSR count). The number of nitrogens with zero attached hydrogens (tertiary/aromatic N) is 2. The minimum absolute atomic E-state index is 0.0994. The van der Waals surface area contributed by atoms with Crippen molar-refractivity contribution in [3.63, 3.8) is 0 Å². The Hall–Kier alpha value is -1.69. The third-order valence-corrected chi connectivity index (χ3v) is 4.87. The quantitative estimate of drug-likeness (QED) is 0.903. The van der Waals surface area contributed by atoms with Gasteiger partial charge in [-0.3, -0.25) is 9.78 Å². The third kappa shape index (κ3) is 2.99. The summed E-state index contributed by atoms with van der Waals surface area (Å²) in [7, 11) is 0. The van der Waals surface area contributed by atoms with Crippen LogP contribution in [-0.2, 0) is 0 Å². The highest BCUT2D eigenvalue weighted by atomic mass is 35.5. The Bertz CT molecular complexity index is 739. The number of hydrogen-bond acceptors (Lipinski definition) is 3. The average Bonchev–Trinajstić information content (AvgIpc) is 2.94. The molecule has 2 aromatic rings. The van der Waals surface area contributed by atoms with Crippen LogP contribution < -0.4 is 0 Å². The number of aliphatic hydroxyl groups excluding tert-OH is 1. The number of halogens is 3. The molecule has 7 heteroatoms. The van der Waals surface area contributed by atoms with E-state index in [1.54, 1.807) is 24.3 Å². The van der Waals surface area contributed by atoms with Crippen LogP contribution in [0.5, 0.6) is 0 Å². The topological polar surface area (TPSA) is 53.4 Å². The van der Waals surface area contributed by atoms with Gasteiger partial charge in [0, 0.05) is 24.9 Å². The zero-order valence-electron chi connectivity index (χ0n) is 12.6. The van der Waals surface area contributed by atoms with Crippen molar-refractivity contribution in [2.45, 2.75) is 11.6 Å². The van der Waals surface area contributed by atoms with E-state index in [4.69, 9.17) is 23.2 Å². The second kappa shape index (κ2) is 6.67. The van der Waals surface area contributed by atoms with Crippen molar-refractivity contribution < 1.29 is 14.3 Å². The van der Waals surface area contributed by atoms with Crippen LogP contribution in [0.2, 0.25) is 10.0 Å². The van der Waals surface area contributed by atoms with Gasteiger partial charge >= 0.3 is 0 Å². The van der Waals surface area contributed by atoms with Crippen molar-refractivity contribution in [2.75, 3.05) is 19.7 Å². The Morgan fingerprint density at radius 1 is 1.29 bits per heavy atom. The van der Waals surface area contributed by atoms with Crippen molar-refractivity contribution in [2.24, 2.45) is 0 Å². The van der Waals surface area contributed by atoms with Gasteiger partial charge in [0.2, 0.25) is 0 Å².